The van der Waals surface area contributed by atoms with Crippen LogP contribution in [0.3, 0.4) is 0 Å². The molecule has 1 aromatic heterocycles. The maximum atomic E-state index is 12.4. The smallest absolute Gasteiger partial charge is 0.270 e. The molecule has 4 aromatic rings. The Kier molecular flexibility index (Phi) is 5.88. The van der Waals surface area contributed by atoms with E-state index in [4.69, 9.17) is 11.6 Å². The number of aromatic nitrogens is 2. The average Bonchev–Trinajstić information content (AvgIpc) is 2.80. The highest BCUT2D eigenvalue weighted by Crippen LogP contribution is 2.29. The maximum Gasteiger partial charge on any atom is 0.270 e. The van der Waals surface area contributed by atoms with E-state index in [-0.39, 0.29) is 11.5 Å². The van der Waals surface area contributed by atoms with E-state index in [9.17, 15) is 10.1 Å². The van der Waals surface area contributed by atoms with Gasteiger partial charge in [0.2, 0.25) is 5.95 Å². The van der Waals surface area contributed by atoms with Gasteiger partial charge in [-0.15, -0.1) is 0 Å². The van der Waals surface area contributed by atoms with Gasteiger partial charge in [0.1, 0.15) is 11.6 Å². The standard InChI is InChI=1S/C24H16ClN5O/c25-21-13-7-6-12-19(21)18-11-5-4-10-17(18)15-27-30-24-28-22(16-8-2-1-3-9-16)20(14-26)23(31)29-24/h1-13,15H,(H2,28,29,30,31). The number of anilines is 1. The highest BCUT2D eigenvalue weighted by atomic mass is 35.5. The molecule has 1 heterocycles. The number of H-pyrrole nitrogens is 1. The van der Waals surface area contributed by atoms with Gasteiger partial charge in [-0.2, -0.15) is 10.4 Å². The topological polar surface area (TPSA) is 93.9 Å². The number of halogens is 1. The molecule has 31 heavy (non-hydrogen) atoms. The molecule has 0 atom stereocenters. The van der Waals surface area contributed by atoms with Crippen molar-refractivity contribution >= 4 is 23.8 Å². The van der Waals surface area contributed by atoms with Gasteiger partial charge in [-0.1, -0.05) is 84.4 Å². The molecule has 150 valence electrons. The first-order chi connectivity index (χ1) is 15.2. The summed E-state index contributed by atoms with van der Waals surface area (Å²) in [5, 5.41) is 14.2. The summed E-state index contributed by atoms with van der Waals surface area (Å²) in [5.41, 5.74) is 5.77. The van der Waals surface area contributed by atoms with Gasteiger partial charge >= 0.3 is 0 Å². The van der Waals surface area contributed by atoms with Crippen LogP contribution in [0.1, 0.15) is 11.1 Å². The van der Waals surface area contributed by atoms with E-state index in [0.29, 0.717) is 16.3 Å². The Morgan fingerprint density at radius 1 is 0.968 bits per heavy atom. The van der Waals surface area contributed by atoms with Crippen molar-refractivity contribution in [3.8, 4) is 28.5 Å². The molecular weight excluding hydrogens is 410 g/mol. The van der Waals surface area contributed by atoms with Gasteiger partial charge in [-0.25, -0.2) is 10.4 Å². The van der Waals surface area contributed by atoms with E-state index in [0.717, 1.165) is 16.7 Å². The van der Waals surface area contributed by atoms with Gasteiger partial charge in [0.25, 0.3) is 5.56 Å². The van der Waals surface area contributed by atoms with E-state index in [1.165, 1.54) is 0 Å². The first kappa shape index (κ1) is 20.1. The highest BCUT2D eigenvalue weighted by Gasteiger charge is 2.13. The van der Waals surface area contributed by atoms with Gasteiger partial charge in [-0.05, 0) is 11.6 Å². The number of benzene rings is 3. The van der Waals surface area contributed by atoms with Crippen LogP contribution in [0.15, 0.2) is 88.8 Å². The van der Waals surface area contributed by atoms with Crippen LogP contribution in [0, 0.1) is 11.3 Å². The molecule has 2 N–H and O–H groups in total. The highest BCUT2D eigenvalue weighted by molar-refractivity contribution is 6.33. The van der Waals surface area contributed by atoms with Crippen LogP contribution in [-0.4, -0.2) is 16.2 Å². The van der Waals surface area contributed by atoms with Crippen molar-refractivity contribution in [2.45, 2.75) is 0 Å². The summed E-state index contributed by atoms with van der Waals surface area (Å²) in [6.07, 6.45) is 1.62. The number of hydrogen-bond donors (Lipinski definition) is 2. The molecule has 0 amide bonds. The van der Waals surface area contributed by atoms with Crippen molar-refractivity contribution < 1.29 is 0 Å². The van der Waals surface area contributed by atoms with Crippen LogP contribution < -0.4 is 11.0 Å². The van der Waals surface area contributed by atoms with E-state index >= 15 is 0 Å². The number of nitriles is 1. The third-order valence-electron chi connectivity index (χ3n) is 4.58. The predicted octanol–water partition coefficient (Wildman–Crippen LogP) is 5.07. The lowest BCUT2D eigenvalue weighted by Crippen LogP contribution is -2.16. The largest absolute Gasteiger partial charge is 0.290 e. The van der Waals surface area contributed by atoms with Gasteiger partial charge in [0, 0.05) is 21.7 Å². The minimum absolute atomic E-state index is 0.0511. The second-order valence-corrected chi connectivity index (χ2v) is 6.96. The normalized spacial score (nSPS) is 10.7. The number of nitrogens with zero attached hydrogens (tertiary/aromatic N) is 3. The molecule has 0 unspecified atom stereocenters. The molecule has 3 aromatic carbocycles. The zero-order chi connectivity index (χ0) is 21.6. The SMILES string of the molecule is N#Cc1c(-c2ccccc2)nc(NN=Cc2ccccc2-c2ccccc2Cl)[nH]c1=O. The third-order valence-corrected chi connectivity index (χ3v) is 4.91. The Hall–Kier alpha value is -4.21. The minimum atomic E-state index is -0.537. The molecule has 6 nitrogen and oxygen atoms in total. The summed E-state index contributed by atoms with van der Waals surface area (Å²) >= 11 is 6.35. The lowest BCUT2D eigenvalue weighted by atomic mass is 10.0. The summed E-state index contributed by atoms with van der Waals surface area (Å²) in [6.45, 7) is 0. The molecule has 0 saturated heterocycles. The Bertz CT molecular complexity index is 1360. The molecule has 0 spiro atoms. The number of rotatable bonds is 5. The number of nitrogens with one attached hydrogen (secondary N) is 2. The zero-order valence-corrected chi connectivity index (χ0v) is 17.0. The van der Waals surface area contributed by atoms with Crippen molar-refractivity contribution in [3.63, 3.8) is 0 Å². The number of hydrogen-bond acceptors (Lipinski definition) is 5. The Labute approximate surface area is 183 Å². The Morgan fingerprint density at radius 3 is 2.39 bits per heavy atom. The molecule has 4 rings (SSSR count). The van der Waals surface area contributed by atoms with E-state index in [1.807, 2.05) is 72.8 Å². The van der Waals surface area contributed by atoms with E-state index in [1.54, 1.807) is 18.3 Å². The van der Waals surface area contributed by atoms with Crippen molar-refractivity contribution in [3.05, 3.63) is 105 Å². The third kappa shape index (κ3) is 4.37. The number of hydrazone groups is 1. The van der Waals surface area contributed by atoms with E-state index < -0.39 is 5.56 Å². The quantitative estimate of drug-likeness (QED) is 0.344. The fourth-order valence-electron chi connectivity index (χ4n) is 3.13. The van der Waals surface area contributed by atoms with Gasteiger partial charge in [0.15, 0.2) is 0 Å². The maximum absolute atomic E-state index is 12.4. The number of aromatic amines is 1. The molecule has 0 aliphatic heterocycles. The molecule has 0 aliphatic carbocycles. The second-order valence-electron chi connectivity index (χ2n) is 6.55. The van der Waals surface area contributed by atoms with Crippen LogP contribution in [0.25, 0.3) is 22.4 Å². The van der Waals surface area contributed by atoms with Crippen molar-refractivity contribution in [1.29, 1.82) is 5.26 Å². The van der Waals surface area contributed by atoms with Gasteiger partial charge in [0.05, 0.1) is 11.9 Å². The lowest BCUT2D eigenvalue weighted by Gasteiger charge is -2.08. The van der Waals surface area contributed by atoms with Crippen molar-refractivity contribution in [2.75, 3.05) is 5.43 Å². The molecular formula is C24H16ClN5O. The fourth-order valence-corrected chi connectivity index (χ4v) is 3.37. The predicted molar refractivity (Wildman–Crippen MR) is 123 cm³/mol. The average molecular weight is 426 g/mol. The molecule has 0 bridgehead atoms. The Morgan fingerprint density at radius 2 is 1.65 bits per heavy atom. The summed E-state index contributed by atoms with van der Waals surface area (Å²) < 4.78 is 0. The zero-order valence-electron chi connectivity index (χ0n) is 16.2. The van der Waals surface area contributed by atoms with Crippen LogP contribution in [0.2, 0.25) is 5.02 Å². The summed E-state index contributed by atoms with van der Waals surface area (Å²) in [4.78, 5) is 19.3. The molecule has 7 heteroatoms. The minimum Gasteiger partial charge on any atom is -0.290 e. The van der Waals surface area contributed by atoms with Crippen LogP contribution >= 0.6 is 11.6 Å². The Balaban J connectivity index is 1.66. The van der Waals surface area contributed by atoms with Gasteiger partial charge < -0.3 is 0 Å². The van der Waals surface area contributed by atoms with Gasteiger partial charge in [-0.3, -0.25) is 9.78 Å². The molecule has 0 aliphatic rings. The van der Waals surface area contributed by atoms with Crippen molar-refractivity contribution in [2.24, 2.45) is 5.10 Å². The second kappa shape index (κ2) is 9.08. The first-order valence-corrected chi connectivity index (χ1v) is 9.78. The van der Waals surface area contributed by atoms with E-state index in [2.05, 4.69) is 20.5 Å². The molecule has 0 saturated carbocycles. The van der Waals surface area contributed by atoms with Crippen molar-refractivity contribution in [1.82, 2.24) is 9.97 Å². The summed E-state index contributed by atoms with van der Waals surface area (Å²) in [6, 6.07) is 26.2. The lowest BCUT2D eigenvalue weighted by molar-refractivity contribution is 1.08. The summed E-state index contributed by atoms with van der Waals surface area (Å²) in [5.74, 6) is 0.134. The monoisotopic (exact) mass is 425 g/mol. The molecule has 0 fully saturated rings. The van der Waals surface area contributed by atoms with Crippen LogP contribution in [0.4, 0.5) is 5.95 Å². The molecule has 0 radical (unpaired) electrons. The first-order valence-electron chi connectivity index (χ1n) is 9.40. The fraction of sp³-hybridized carbons (Fsp3) is 0. The summed E-state index contributed by atoms with van der Waals surface area (Å²) in [7, 11) is 0. The van der Waals surface area contributed by atoms with Crippen LogP contribution in [-0.2, 0) is 0 Å². The van der Waals surface area contributed by atoms with Crippen LogP contribution in [0.5, 0.6) is 0 Å².